The van der Waals surface area contributed by atoms with Crippen LogP contribution >= 0.6 is 15.9 Å². The molecule has 0 aliphatic rings. The number of hydrogen-bond acceptors (Lipinski definition) is 4. The first-order chi connectivity index (χ1) is 8.49. The lowest BCUT2D eigenvalue weighted by molar-refractivity contribution is -0.116. The van der Waals surface area contributed by atoms with E-state index in [1.807, 2.05) is 12.1 Å². The Labute approximate surface area is 113 Å². The van der Waals surface area contributed by atoms with Crippen molar-refractivity contribution in [3.8, 4) is 0 Å². The minimum Gasteiger partial charge on any atom is -0.398 e. The number of amides is 1. The van der Waals surface area contributed by atoms with Gasteiger partial charge in [-0.25, -0.2) is 0 Å². The van der Waals surface area contributed by atoms with E-state index in [2.05, 4.69) is 20.9 Å². The molecule has 0 aliphatic carbocycles. The summed E-state index contributed by atoms with van der Waals surface area (Å²) in [6, 6.07) is 5.53. The van der Waals surface area contributed by atoms with E-state index in [4.69, 9.17) is 11.5 Å². The summed E-state index contributed by atoms with van der Waals surface area (Å²) in [5, 5.41) is 0.846. The molecule has 0 unspecified atom stereocenters. The van der Waals surface area contributed by atoms with Gasteiger partial charge in [-0.15, -0.1) is 0 Å². The van der Waals surface area contributed by atoms with Crippen LogP contribution in [0.15, 0.2) is 28.9 Å². The average Bonchev–Trinajstić information content (AvgIpc) is 2.29. The van der Waals surface area contributed by atoms with Crippen LogP contribution in [0.3, 0.4) is 0 Å². The topological polar surface area (TPSA) is 85.2 Å². The summed E-state index contributed by atoms with van der Waals surface area (Å²) >= 11 is 3.36. The molecule has 2 rings (SSSR count). The summed E-state index contributed by atoms with van der Waals surface area (Å²) in [4.78, 5) is 17.1. The normalized spacial score (nSPS) is 10.6. The zero-order valence-corrected chi connectivity index (χ0v) is 11.4. The number of aromatic nitrogens is 1. The van der Waals surface area contributed by atoms with Crippen molar-refractivity contribution in [3.63, 3.8) is 0 Å². The highest BCUT2D eigenvalue weighted by Gasteiger charge is 2.11. The molecule has 0 saturated carbocycles. The Kier molecular flexibility index (Phi) is 3.38. The molecule has 0 spiro atoms. The maximum atomic E-state index is 11.0. The molecule has 0 aliphatic heterocycles. The maximum absolute atomic E-state index is 11.0. The molecular formula is C12H13BrN4O. The highest BCUT2D eigenvalue weighted by Crippen LogP contribution is 2.30. The van der Waals surface area contributed by atoms with E-state index in [9.17, 15) is 4.79 Å². The molecule has 0 bridgehead atoms. The summed E-state index contributed by atoms with van der Waals surface area (Å²) in [6.45, 7) is 0.136. The van der Waals surface area contributed by atoms with Crippen molar-refractivity contribution in [2.45, 2.75) is 0 Å². The molecule has 4 N–H and O–H groups in total. The number of pyridine rings is 1. The molecule has 1 heterocycles. The number of carbonyl (C=O) groups excluding carboxylic acids is 1. The molecule has 1 aromatic heterocycles. The zero-order chi connectivity index (χ0) is 13.3. The van der Waals surface area contributed by atoms with Gasteiger partial charge in [0.05, 0.1) is 17.7 Å². The van der Waals surface area contributed by atoms with Gasteiger partial charge in [-0.3, -0.25) is 9.78 Å². The predicted molar refractivity (Wildman–Crippen MR) is 76.3 cm³/mol. The van der Waals surface area contributed by atoms with Crippen LogP contribution in [0.4, 0.5) is 11.4 Å². The summed E-state index contributed by atoms with van der Waals surface area (Å²) < 4.78 is 0.858. The molecule has 6 heteroatoms. The second-order valence-corrected chi connectivity index (χ2v) is 4.96. The maximum Gasteiger partial charge on any atom is 0.236 e. The number of nitrogens with zero attached hydrogens (tertiary/aromatic N) is 2. The molecule has 94 valence electrons. The number of nitrogens with two attached hydrogens (primary N) is 2. The molecule has 2 aromatic rings. The van der Waals surface area contributed by atoms with Gasteiger partial charge in [0.15, 0.2) is 0 Å². The Morgan fingerprint density at radius 3 is 2.89 bits per heavy atom. The van der Waals surface area contributed by atoms with Crippen molar-refractivity contribution in [1.29, 1.82) is 0 Å². The van der Waals surface area contributed by atoms with Crippen LogP contribution in [0.25, 0.3) is 10.9 Å². The molecule has 0 atom stereocenters. The third kappa shape index (κ3) is 2.38. The smallest absolute Gasteiger partial charge is 0.236 e. The van der Waals surface area contributed by atoms with Gasteiger partial charge >= 0.3 is 0 Å². The van der Waals surface area contributed by atoms with E-state index in [-0.39, 0.29) is 12.5 Å². The Hall–Kier alpha value is -1.82. The minimum absolute atomic E-state index is 0.136. The largest absolute Gasteiger partial charge is 0.398 e. The minimum atomic E-state index is -0.389. The van der Waals surface area contributed by atoms with E-state index < -0.39 is 0 Å². The van der Waals surface area contributed by atoms with Crippen molar-refractivity contribution >= 4 is 44.1 Å². The van der Waals surface area contributed by atoms with Crippen molar-refractivity contribution < 1.29 is 4.79 Å². The van der Waals surface area contributed by atoms with Crippen LogP contribution in [0.2, 0.25) is 0 Å². The standard InChI is InChI=1S/C12H13BrN4O/c1-17(6-11(15)18)10-3-2-9(14)8-4-7(13)5-16-12(8)10/h2-5H,6,14H2,1H3,(H2,15,18). The fourth-order valence-corrected chi connectivity index (χ4v) is 2.16. The molecule has 0 saturated heterocycles. The number of fused-ring (bicyclic) bond motifs is 1. The van der Waals surface area contributed by atoms with Gasteiger partial charge in [-0.05, 0) is 34.1 Å². The number of nitrogen functional groups attached to an aromatic ring is 1. The van der Waals surface area contributed by atoms with Crippen LogP contribution in [0.1, 0.15) is 0 Å². The van der Waals surface area contributed by atoms with E-state index in [1.54, 1.807) is 24.2 Å². The van der Waals surface area contributed by atoms with Gasteiger partial charge in [0.25, 0.3) is 0 Å². The molecule has 1 aromatic carbocycles. The van der Waals surface area contributed by atoms with Crippen LogP contribution < -0.4 is 16.4 Å². The number of rotatable bonds is 3. The Balaban J connectivity index is 2.58. The van der Waals surface area contributed by atoms with Gasteiger partial charge in [-0.2, -0.15) is 0 Å². The summed E-state index contributed by atoms with van der Waals surface area (Å²) in [5.74, 6) is -0.389. The first-order valence-electron chi connectivity index (χ1n) is 5.32. The lowest BCUT2D eigenvalue weighted by Gasteiger charge is -2.19. The van der Waals surface area contributed by atoms with Crippen molar-refractivity contribution in [1.82, 2.24) is 4.98 Å². The van der Waals surface area contributed by atoms with E-state index >= 15 is 0 Å². The highest BCUT2D eigenvalue weighted by atomic mass is 79.9. The molecule has 5 nitrogen and oxygen atoms in total. The van der Waals surface area contributed by atoms with Crippen LogP contribution in [-0.2, 0) is 4.79 Å². The number of likely N-dealkylation sites (N-methyl/N-ethyl adjacent to an activating group) is 1. The summed E-state index contributed by atoms with van der Waals surface area (Å²) in [5.41, 5.74) is 13.3. The van der Waals surface area contributed by atoms with Crippen molar-refractivity contribution in [3.05, 3.63) is 28.9 Å². The summed E-state index contributed by atoms with van der Waals surface area (Å²) in [6.07, 6.45) is 1.70. The first-order valence-corrected chi connectivity index (χ1v) is 6.11. The van der Waals surface area contributed by atoms with E-state index in [1.165, 1.54) is 0 Å². The van der Waals surface area contributed by atoms with E-state index in [0.29, 0.717) is 5.69 Å². The lowest BCUT2D eigenvalue weighted by atomic mass is 10.1. The number of primary amides is 1. The van der Waals surface area contributed by atoms with Gasteiger partial charge in [0.2, 0.25) is 5.91 Å². The fraction of sp³-hybridized carbons (Fsp3) is 0.167. The van der Waals surface area contributed by atoms with Gasteiger partial charge in [-0.1, -0.05) is 0 Å². The Morgan fingerprint density at radius 1 is 1.50 bits per heavy atom. The molecule has 1 amide bonds. The molecule has 0 fully saturated rings. The second kappa shape index (κ2) is 4.81. The quantitative estimate of drug-likeness (QED) is 0.842. The SMILES string of the molecule is CN(CC(N)=O)c1ccc(N)c2cc(Br)cnc12. The Morgan fingerprint density at radius 2 is 2.22 bits per heavy atom. The number of anilines is 2. The van der Waals surface area contributed by atoms with Crippen LogP contribution in [0, 0.1) is 0 Å². The van der Waals surface area contributed by atoms with Crippen LogP contribution in [-0.4, -0.2) is 24.5 Å². The van der Waals surface area contributed by atoms with Gasteiger partial charge in [0, 0.05) is 28.8 Å². The van der Waals surface area contributed by atoms with Crippen molar-refractivity contribution in [2.75, 3.05) is 24.2 Å². The van der Waals surface area contributed by atoms with Crippen molar-refractivity contribution in [2.24, 2.45) is 5.73 Å². The molecule has 18 heavy (non-hydrogen) atoms. The number of carbonyl (C=O) groups is 1. The monoisotopic (exact) mass is 308 g/mol. The van der Waals surface area contributed by atoms with Gasteiger partial charge in [0.1, 0.15) is 0 Å². The van der Waals surface area contributed by atoms with Gasteiger partial charge < -0.3 is 16.4 Å². The molecule has 0 radical (unpaired) electrons. The average molecular weight is 309 g/mol. The van der Waals surface area contributed by atoms with E-state index in [0.717, 1.165) is 21.1 Å². The van der Waals surface area contributed by atoms with Crippen LogP contribution in [0.5, 0.6) is 0 Å². The highest BCUT2D eigenvalue weighted by molar-refractivity contribution is 9.10. The zero-order valence-electron chi connectivity index (χ0n) is 9.85. The number of halogens is 1. The molecular weight excluding hydrogens is 296 g/mol. The second-order valence-electron chi connectivity index (χ2n) is 4.05. The number of hydrogen-bond donors (Lipinski definition) is 2. The lowest BCUT2D eigenvalue weighted by Crippen LogP contribution is -2.30. The Bertz CT molecular complexity index is 614. The fourth-order valence-electron chi connectivity index (χ4n) is 1.83. The third-order valence-electron chi connectivity index (χ3n) is 2.63. The summed E-state index contributed by atoms with van der Waals surface area (Å²) in [7, 11) is 1.79. The third-order valence-corrected chi connectivity index (χ3v) is 3.07. The predicted octanol–water partition coefficient (Wildman–Crippen LogP) is 1.50. The first kappa shape index (κ1) is 12.6. The number of benzene rings is 1.